The number of pyridine rings is 1. The number of anilines is 2. The lowest BCUT2D eigenvalue weighted by atomic mass is 10.0. The van der Waals surface area contributed by atoms with Crippen molar-refractivity contribution in [3.63, 3.8) is 0 Å². The lowest BCUT2D eigenvalue weighted by Crippen LogP contribution is -2.21. The molecule has 0 radical (unpaired) electrons. The second kappa shape index (κ2) is 7.84. The first-order valence-electron chi connectivity index (χ1n) is 10.1. The maximum Gasteiger partial charge on any atom is 0.254 e. The molecule has 6 nitrogen and oxygen atoms in total. The SMILES string of the molecule is CN(C)C(=O)c1cncc(-c2ccc3ncnc(N4CCc5cc(F)c(Cl)cc54)c3c2)c1. The monoisotopic (exact) mass is 447 g/mol. The van der Waals surface area contributed by atoms with E-state index in [1.807, 2.05) is 29.2 Å². The summed E-state index contributed by atoms with van der Waals surface area (Å²) in [4.78, 5) is 29.1. The average molecular weight is 448 g/mol. The molecule has 0 atom stereocenters. The Labute approximate surface area is 189 Å². The molecule has 32 heavy (non-hydrogen) atoms. The van der Waals surface area contributed by atoms with E-state index in [0.29, 0.717) is 18.5 Å². The number of benzene rings is 2. The number of halogens is 2. The van der Waals surface area contributed by atoms with Crippen LogP contribution in [0.3, 0.4) is 0 Å². The summed E-state index contributed by atoms with van der Waals surface area (Å²) in [5.74, 6) is 0.204. The Kier molecular flexibility index (Phi) is 4.98. The Morgan fingerprint density at radius 1 is 1.09 bits per heavy atom. The highest BCUT2D eigenvalue weighted by molar-refractivity contribution is 6.31. The van der Waals surface area contributed by atoms with Gasteiger partial charge in [-0.15, -0.1) is 0 Å². The van der Waals surface area contributed by atoms with Crippen LogP contribution in [0.25, 0.3) is 22.0 Å². The number of nitrogens with zero attached hydrogens (tertiary/aromatic N) is 5. The van der Waals surface area contributed by atoms with E-state index in [9.17, 15) is 9.18 Å². The first-order chi connectivity index (χ1) is 15.4. The molecule has 3 heterocycles. The average Bonchev–Trinajstić information content (AvgIpc) is 3.20. The van der Waals surface area contributed by atoms with Gasteiger partial charge in [0.2, 0.25) is 0 Å². The minimum atomic E-state index is -0.415. The van der Waals surface area contributed by atoms with Gasteiger partial charge < -0.3 is 9.80 Å². The summed E-state index contributed by atoms with van der Waals surface area (Å²) in [6.07, 6.45) is 5.52. The quantitative estimate of drug-likeness (QED) is 0.448. The molecule has 0 aliphatic carbocycles. The molecule has 2 aromatic heterocycles. The van der Waals surface area contributed by atoms with E-state index in [2.05, 4.69) is 15.0 Å². The molecule has 1 aliphatic heterocycles. The van der Waals surface area contributed by atoms with Gasteiger partial charge in [-0.2, -0.15) is 0 Å². The fraction of sp³-hybridized carbons (Fsp3) is 0.167. The number of hydrogen-bond donors (Lipinski definition) is 0. The van der Waals surface area contributed by atoms with E-state index >= 15 is 0 Å². The molecule has 5 rings (SSSR count). The number of hydrogen-bond acceptors (Lipinski definition) is 5. The second-order valence-electron chi connectivity index (χ2n) is 7.89. The molecule has 4 aromatic rings. The predicted octanol–water partition coefficient (Wildman–Crippen LogP) is 4.88. The number of aromatic nitrogens is 3. The summed E-state index contributed by atoms with van der Waals surface area (Å²) in [5, 5.41) is 0.936. The zero-order valence-corrected chi connectivity index (χ0v) is 18.3. The Bertz CT molecular complexity index is 1370. The Balaban J connectivity index is 1.61. The third-order valence-corrected chi connectivity index (χ3v) is 5.90. The van der Waals surface area contributed by atoms with E-state index in [4.69, 9.17) is 11.6 Å². The molecular weight excluding hydrogens is 429 g/mol. The molecule has 0 saturated heterocycles. The van der Waals surface area contributed by atoms with Crippen molar-refractivity contribution in [3.05, 3.63) is 77.1 Å². The molecule has 2 aromatic carbocycles. The van der Waals surface area contributed by atoms with Gasteiger partial charge in [0.05, 0.1) is 16.1 Å². The van der Waals surface area contributed by atoms with Gasteiger partial charge in [-0.3, -0.25) is 9.78 Å². The van der Waals surface area contributed by atoms with E-state index < -0.39 is 5.82 Å². The lowest BCUT2D eigenvalue weighted by Gasteiger charge is -2.20. The molecule has 0 unspecified atom stereocenters. The van der Waals surface area contributed by atoms with Gasteiger partial charge in [0.1, 0.15) is 18.0 Å². The van der Waals surface area contributed by atoms with Gasteiger partial charge in [-0.1, -0.05) is 17.7 Å². The molecule has 0 N–H and O–H groups in total. The first-order valence-corrected chi connectivity index (χ1v) is 10.5. The van der Waals surface area contributed by atoms with E-state index in [-0.39, 0.29) is 10.9 Å². The fourth-order valence-electron chi connectivity index (χ4n) is 4.01. The van der Waals surface area contributed by atoms with Crippen molar-refractivity contribution in [1.82, 2.24) is 19.9 Å². The topological polar surface area (TPSA) is 62.2 Å². The molecule has 1 aliphatic rings. The summed E-state index contributed by atoms with van der Waals surface area (Å²) in [7, 11) is 3.42. The van der Waals surface area contributed by atoms with Crippen molar-refractivity contribution >= 4 is 39.9 Å². The highest BCUT2D eigenvalue weighted by Crippen LogP contribution is 2.39. The smallest absolute Gasteiger partial charge is 0.254 e. The van der Waals surface area contributed by atoms with Crippen LogP contribution >= 0.6 is 11.6 Å². The molecule has 0 saturated carbocycles. The van der Waals surface area contributed by atoms with Gasteiger partial charge in [0.25, 0.3) is 5.91 Å². The van der Waals surface area contributed by atoms with E-state index in [0.717, 1.165) is 39.1 Å². The molecule has 160 valence electrons. The van der Waals surface area contributed by atoms with Gasteiger partial charge in [0.15, 0.2) is 0 Å². The minimum Gasteiger partial charge on any atom is -0.345 e. The van der Waals surface area contributed by atoms with Crippen molar-refractivity contribution in [2.45, 2.75) is 6.42 Å². The third kappa shape index (κ3) is 3.44. The maximum absolute atomic E-state index is 13.9. The predicted molar refractivity (Wildman–Crippen MR) is 123 cm³/mol. The Morgan fingerprint density at radius 3 is 2.75 bits per heavy atom. The Morgan fingerprint density at radius 2 is 1.94 bits per heavy atom. The number of fused-ring (bicyclic) bond motifs is 2. The summed E-state index contributed by atoms with van der Waals surface area (Å²) < 4.78 is 13.9. The van der Waals surface area contributed by atoms with Crippen molar-refractivity contribution < 1.29 is 9.18 Å². The molecule has 0 bridgehead atoms. The van der Waals surface area contributed by atoms with Crippen molar-refractivity contribution in [2.75, 3.05) is 25.5 Å². The van der Waals surface area contributed by atoms with Crippen molar-refractivity contribution in [2.24, 2.45) is 0 Å². The number of carbonyl (C=O) groups excluding carboxylic acids is 1. The highest BCUT2D eigenvalue weighted by Gasteiger charge is 2.25. The summed E-state index contributed by atoms with van der Waals surface area (Å²) in [5.41, 5.74) is 4.76. The van der Waals surface area contributed by atoms with Crippen LogP contribution in [-0.4, -0.2) is 46.4 Å². The van der Waals surface area contributed by atoms with Gasteiger partial charge in [-0.05, 0) is 47.9 Å². The highest BCUT2D eigenvalue weighted by atomic mass is 35.5. The molecule has 0 spiro atoms. The van der Waals surface area contributed by atoms with Gasteiger partial charge in [0, 0.05) is 49.7 Å². The van der Waals surface area contributed by atoms with Crippen LogP contribution in [-0.2, 0) is 6.42 Å². The minimum absolute atomic E-state index is 0.0862. The van der Waals surface area contributed by atoms with Crippen LogP contribution in [0.4, 0.5) is 15.9 Å². The van der Waals surface area contributed by atoms with Crippen LogP contribution in [0, 0.1) is 5.82 Å². The standard InChI is InChI=1S/C24H19ClFN5O/c1-30(2)24(32)17-7-16(11-27-12-17)14-3-4-21-18(8-14)23(29-13-28-21)31-6-5-15-9-20(26)19(25)10-22(15)31/h3-4,7-13H,5-6H2,1-2H3. The summed E-state index contributed by atoms with van der Waals surface area (Å²) >= 11 is 6.06. The lowest BCUT2D eigenvalue weighted by molar-refractivity contribution is 0.0827. The fourth-order valence-corrected chi connectivity index (χ4v) is 4.17. The number of amides is 1. The first kappa shape index (κ1) is 20.3. The van der Waals surface area contributed by atoms with Crippen LogP contribution in [0.1, 0.15) is 15.9 Å². The molecular formula is C24H19ClFN5O. The second-order valence-corrected chi connectivity index (χ2v) is 8.29. The Hall–Kier alpha value is -3.58. The van der Waals surface area contributed by atoms with E-state index in [1.54, 1.807) is 32.6 Å². The third-order valence-electron chi connectivity index (χ3n) is 5.61. The zero-order valence-electron chi connectivity index (χ0n) is 17.5. The van der Waals surface area contributed by atoms with Crippen LogP contribution in [0.2, 0.25) is 5.02 Å². The number of rotatable bonds is 3. The van der Waals surface area contributed by atoms with Gasteiger partial charge in [-0.25, -0.2) is 14.4 Å². The summed E-state index contributed by atoms with van der Waals surface area (Å²) in [6, 6.07) is 10.8. The normalized spacial score (nSPS) is 12.8. The largest absolute Gasteiger partial charge is 0.345 e. The van der Waals surface area contributed by atoms with Crippen molar-refractivity contribution in [1.29, 1.82) is 0 Å². The number of carbonyl (C=O) groups is 1. The zero-order chi connectivity index (χ0) is 22.4. The maximum atomic E-state index is 13.9. The molecule has 8 heteroatoms. The van der Waals surface area contributed by atoms with E-state index in [1.165, 1.54) is 17.3 Å². The molecule has 0 fully saturated rings. The molecule has 1 amide bonds. The van der Waals surface area contributed by atoms with Crippen LogP contribution in [0.5, 0.6) is 0 Å². The van der Waals surface area contributed by atoms with Crippen LogP contribution < -0.4 is 4.90 Å². The van der Waals surface area contributed by atoms with Gasteiger partial charge >= 0.3 is 0 Å². The van der Waals surface area contributed by atoms with Crippen LogP contribution in [0.15, 0.2) is 55.1 Å². The summed E-state index contributed by atoms with van der Waals surface area (Å²) in [6.45, 7) is 0.667. The van der Waals surface area contributed by atoms with Crippen molar-refractivity contribution in [3.8, 4) is 11.1 Å².